The zero-order chi connectivity index (χ0) is 20.4. The maximum atomic E-state index is 13.6. The lowest BCUT2D eigenvalue weighted by atomic mass is 10.2. The van der Waals surface area contributed by atoms with Gasteiger partial charge in [0.05, 0.1) is 12.2 Å². The molecular formula is C20H16FN3O3S2. The van der Waals surface area contributed by atoms with Crippen LogP contribution in [0.25, 0.3) is 0 Å². The van der Waals surface area contributed by atoms with Crippen LogP contribution < -0.4 is 9.62 Å². The molecule has 4 rings (SSSR count). The second-order valence-corrected chi connectivity index (χ2v) is 9.10. The summed E-state index contributed by atoms with van der Waals surface area (Å²) in [5, 5.41) is 4.56. The van der Waals surface area contributed by atoms with Gasteiger partial charge in [0.15, 0.2) is 4.91 Å². The lowest BCUT2D eigenvalue weighted by molar-refractivity contribution is 0.104. The lowest BCUT2D eigenvalue weighted by Gasteiger charge is -2.29. The second kappa shape index (κ2) is 7.76. The van der Waals surface area contributed by atoms with Gasteiger partial charge in [-0.05, 0) is 40.8 Å². The number of carbonyl (C=O) groups excluding carboxylic acids is 1. The first-order valence-corrected chi connectivity index (χ1v) is 11.0. The van der Waals surface area contributed by atoms with Gasteiger partial charge >= 0.3 is 0 Å². The van der Waals surface area contributed by atoms with Gasteiger partial charge in [0.25, 0.3) is 10.0 Å². The Morgan fingerprint density at radius 1 is 1.17 bits per heavy atom. The van der Waals surface area contributed by atoms with E-state index in [1.165, 1.54) is 35.7 Å². The summed E-state index contributed by atoms with van der Waals surface area (Å²) in [7, 11) is -4.11. The van der Waals surface area contributed by atoms with Crippen molar-refractivity contribution in [1.82, 2.24) is 10.3 Å². The number of anilines is 1. The molecule has 1 aliphatic rings. The smallest absolute Gasteiger partial charge is 0.270 e. The average Bonchev–Trinajstić information content (AvgIpc) is 3.18. The van der Waals surface area contributed by atoms with E-state index >= 15 is 0 Å². The molecule has 0 amide bonds. The highest BCUT2D eigenvalue weighted by Gasteiger charge is 2.41. The first-order valence-electron chi connectivity index (χ1n) is 8.68. The van der Waals surface area contributed by atoms with Crippen LogP contribution in [-0.2, 0) is 23.1 Å². The minimum absolute atomic E-state index is 0.0724. The molecule has 2 aromatic heterocycles. The Kier molecular flexibility index (Phi) is 5.16. The SMILES string of the molecule is O=C1C(=CNCc2cccnc2)S(=O)(=O)N(Cc2cccc(F)c2)c2ccsc21. The molecule has 1 aliphatic heterocycles. The van der Waals surface area contributed by atoms with Crippen molar-refractivity contribution in [2.24, 2.45) is 0 Å². The van der Waals surface area contributed by atoms with E-state index < -0.39 is 21.6 Å². The number of nitrogens with zero attached hydrogens (tertiary/aromatic N) is 2. The molecule has 3 aromatic rings. The van der Waals surface area contributed by atoms with E-state index in [-0.39, 0.29) is 11.4 Å². The molecule has 0 aliphatic carbocycles. The Morgan fingerprint density at radius 3 is 2.76 bits per heavy atom. The van der Waals surface area contributed by atoms with Crippen LogP contribution in [0.5, 0.6) is 0 Å². The number of aromatic nitrogens is 1. The zero-order valence-electron chi connectivity index (χ0n) is 15.1. The van der Waals surface area contributed by atoms with Crippen molar-refractivity contribution in [3.05, 3.63) is 93.2 Å². The predicted molar refractivity (Wildman–Crippen MR) is 109 cm³/mol. The molecule has 6 nitrogen and oxygen atoms in total. The fourth-order valence-corrected chi connectivity index (χ4v) is 5.53. The third kappa shape index (κ3) is 3.79. The van der Waals surface area contributed by atoms with Crippen molar-refractivity contribution in [2.75, 3.05) is 4.31 Å². The largest absolute Gasteiger partial charge is 0.386 e. The van der Waals surface area contributed by atoms with Crippen molar-refractivity contribution in [3.63, 3.8) is 0 Å². The number of thiophene rings is 1. The van der Waals surface area contributed by atoms with E-state index in [0.29, 0.717) is 22.7 Å². The van der Waals surface area contributed by atoms with E-state index in [1.807, 2.05) is 6.07 Å². The first-order chi connectivity index (χ1) is 14.0. The highest BCUT2D eigenvalue weighted by molar-refractivity contribution is 7.97. The van der Waals surface area contributed by atoms with Crippen LogP contribution in [0.1, 0.15) is 20.8 Å². The third-order valence-corrected chi connectivity index (χ3v) is 7.06. The van der Waals surface area contributed by atoms with Gasteiger partial charge in [-0.2, -0.15) is 0 Å². The molecule has 0 spiro atoms. The van der Waals surface area contributed by atoms with Gasteiger partial charge in [0, 0.05) is 25.1 Å². The Balaban J connectivity index is 1.68. The number of Topliss-reactive ketones (excluding diaryl/α,β-unsaturated/α-hetero) is 1. The number of benzene rings is 1. The quantitative estimate of drug-likeness (QED) is 0.629. The number of hydrogen-bond donors (Lipinski definition) is 1. The number of allylic oxidation sites excluding steroid dienone is 1. The molecular weight excluding hydrogens is 413 g/mol. The summed E-state index contributed by atoms with van der Waals surface area (Å²) in [4.78, 5) is 16.8. The Bertz CT molecular complexity index is 1190. The maximum Gasteiger partial charge on any atom is 0.270 e. The molecule has 0 bridgehead atoms. The standard InChI is InChI=1S/C20H16FN3O3S2/c21-16-5-1-3-14(9-16)13-24-17-6-8-28-20(17)19(25)18(29(24,26)27)12-23-11-15-4-2-7-22-10-15/h1-10,12,23H,11,13H2. The molecule has 0 saturated heterocycles. The van der Waals surface area contributed by atoms with Crippen molar-refractivity contribution < 1.29 is 17.6 Å². The number of fused-ring (bicyclic) bond motifs is 1. The molecule has 0 fully saturated rings. The van der Waals surface area contributed by atoms with Crippen LogP contribution in [0, 0.1) is 5.82 Å². The van der Waals surface area contributed by atoms with Gasteiger partial charge in [-0.25, -0.2) is 12.8 Å². The van der Waals surface area contributed by atoms with Crippen molar-refractivity contribution in [1.29, 1.82) is 0 Å². The van der Waals surface area contributed by atoms with Crippen LogP contribution >= 0.6 is 11.3 Å². The van der Waals surface area contributed by atoms with Gasteiger partial charge in [-0.3, -0.25) is 14.1 Å². The number of carbonyl (C=O) groups is 1. The number of hydrogen-bond acceptors (Lipinski definition) is 6. The summed E-state index contributed by atoms with van der Waals surface area (Å²) in [6.07, 6.45) is 4.52. The minimum Gasteiger partial charge on any atom is -0.386 e. The molecule has 0 unspecified atom stereocenters. The van der Waals surface area contributed by atoms with Gasteiger partial charge in [-0.15, -0.1) is 11.3 Å². The Morgan fingerprint density at radius 2 is 2.00 bits per heavy atom. The van der Waals surface area contributed by atoms with E-state index in [2.05, 4.69) is 10.3 Å². The number of sulfonamides is 1. The number of rotatable bonds is 5. The number of nitrogens with one attached hydrogen (secondary N) is 1. The Hall–Kier alpha value is -3.04. The van der Waals surface area contributed by atoms with Gasteiger partial charge in [0.1, 0.15) is 10.7 Å². The molecule has 0 radical (unpaired) electrons. The van der Waals surface area contributed by atoms with E-state index in [0.717, 1.165) is 9.87 Å². The van der Waals surface area contributed by atoms with E-state index in [9.17, 15) is 17.6 Å². The van der Waals surface area contributed by atoms with E-state index in [1.54, 1.807) is 36.0 Å². The van der Waals surface area contributed by atoms with E-state index in [4.69, 9.17) is 0 Å². The molecule has 9 heteroatoms. The molecule has 0 atom stereocenters. The number of ketones is 1. The summed E-state index contributed by atoms with van der Waals surface area (Å²) < 4.78 is 41.1. The fourth-order valence-electron chi connectivity index (χ4n) is 3.02. The van der Waals surface area contributed by atoms with Crippen molar-refractivity contribution in [2.45, 2.75) is 13.1 Å². The predicted octanol–water partition coefficient (Wildman–Crippen LogP) is 3.45. The average molecular weight is 429 g/mol. The molecule has 3 heterocycles. The van der Waals surface area contributed by atoms with Crippen LogP contribution in [0.15, 0.2) is 71.3 Å². The Labute approximate surface area is 171 Å². The molecule has 1 N–H and O–H groups in total. The van der Waals surface area contributed by atoms with Crippen LogP contribution in [0.4, 0.5) is 10.1 Å². The third-order valence-electron chi connectivity index (χ3n) is 4.39. The number of pyridine rings is 1. The highest BCUT2D eigenvalue weighted by Crippen LogP contribution is 2.39. The van der Waals surface area contributed by atoms with Crippen molar-refractivity contribution in [3.8, 4) is 0 Å². The van der Waals surface area contributed by atoms with Gasteiger partial charge in [-0.1, -0.05) is 18.2 Å². The van der Waals surface area contributed by atoms with Crippen LogP contribution in [0.2, 0.25) is 0 Å². The summed E-state index contributed by atoms with van der Waals surface area (Å²) in [5.74, 6) is -1.00. The maximum absolute atomic E-state index is 13.6. The summed E-state index contributed by atoms with van der Waals surface area (Å²) in [6, 6.07) is 10.9. The molecule has 1 aromatic carbocycles. The zero-order valence-corrected chi connectivity index (χ0v) is 16.7. The second-order valence-electron chi connectivity index (χ2n) is 6.36. The molecule has 0 saturated carbocycles. The fraction of sp³-hybridized carbons (Fsp3) is 0.100. The van der Waals surface area contributed by atoms with Crippen LogP contribution in [-0.4, -0.2) is 19.2 Å². The summed E-state index contributed by atoms with van der Waals surface area (Å²) in [6.45, 7) is 0.248. The van der Waals surface area contributed by atoms with Gasteiger partial charge in [0.2, 0.25) is 5.78 Å². The monoisotopic (exact) mass is 429 g/mol. The number of halogens is 1. The van der Waals surface area contributed by atoms with Crippen molar-refractivity contribution >= 4 is 32.8 Å². The lowest BCUT2D eigenvalue weighted by Crippen LogP contribution is -2.38. The first kappa shape index (κ1) is 19.3. The minimum atomic E-state index is -4.11. The summed E-state index contributed by atoms with van der Waals surface area (Å²) >= 11 is 1.18. The summed E-state index contributed by atoms with van der Waals surface area (Å²) in [5.41, 5.74) is 1.65. The van der Waals surface area contributed by atoms with Crippen LogP contribution in [0.3, 0.4) is 0 Å². The highest BCUT2D eigenvalue weighted by atomic mass is 32.2. The van der Waals surface area contributed by atoms with Gasteiger partial charge < -0.3 is 5.32 Å². The topological polar surface area (TPSA) is 79.4 Å². The molecule has 148 valence electrons. The normalized spacial score (nSPS) is 16.7. The molecule has 29 heavy (non-hydrogen) atoms.